The van der Waals surface area contributed by atoms with Gasteiger partial charge in [-0.1, -0.05) is 26.2 Å². The number of hydrogen-bond acceptors (Lipinski definition) is 9. The molecule has 0 aliphatic heterocycles. The molecule has 4 N–H and O–H groups in total. The van der Waals surface area contributed by atoms with Gasteiger partial charge in [-0.3, -0.25) is 0 Å². The molecule has 42 heavy (non-hydrogen) atoms. The number of halogens is 2. The van der Waals surface area contributed by atoms with E-state index < -0.39 is 5.92 Å². The van der Waals surface area contributed by atoms with Gasteiger partial charge >= 0.3 is 170 Å². The predicted molar refractivity (Wildman–Crippen MR) is 172 cm³/mol. The van der Waals surface area contributed by atoms with Gasteiger partial charge in [0, 0.05) is 18.7 Å². The average molecular weight is 594 g/mol. The number of alkyl halides is 2. The van der Waals surface area contributed by atoms with Crippen LogP contribution >= 0.6 is 11.3 Å². The summed E-state index contributed by atoms with van der Waals surface area (Å²) in [6.45, 7) is 12.1. The molecule has 1 radical (unpaired) electrons. The number of aromatic nitrogens is 4. The van der Waals surface area contributed by atoms with Crippen LogP contribution in [-0.2, 0) is 5.92 Å². The van der Waals surface area contributed by atoms with Gasteiger partial charge in [0.1, 0.15) is 0 Å². The Balaban J connectivity index is 0.00000151. The van der Waals surface area contributed by atoms with Gasteiger partial charge in [-0.05, 0) is 18.6 Å². The first-order valence-electron chi connectivity index (χ1n) is 14.1. The van der Waals surface area contributed by atoms with Crippen molar-refractivity contribution in [3.63, 3.8) is 0 Å². The van der Waals surface area contributed by atoms with Crippen molar-refractivity contribution in [1.82, 2.24) is 30.6 Å². The van der Waals surface area contributed by atoms with E-state index in [9.17, 15) is 8.78 Å². The fraction of sp³-hybridized carbons (Fsp3) is 0.433. The van der Waals surface area contributed by atoms with Crippen LogP contribution in [0, 0.1) is 6.92 Å². The standard InChI is InChI=1S/C27H34BF2N8S.C3H6/c1-7-8-21(38-23-11-20(27(5,29)30)16(2)13-33-23)22-14-34-26(39-22)18(4)37-17(3)24-19(12-28)25(36-15-35-24)32-10-9-31-6;1-2-3-1/h8,11-15,18,31,37H,3,7,9-10H2,1-2,4-6H3,(H,33,38)(H,32,35,36);1-3H2. The maximum atomic E-state index is 14.0. The monoisotopic (exact) mass is 593 g/mol. The summed E-state index contributed by atoms with van der Waals surface area (Å²) in [4.78, 5) is 18.4. The third-order valence-electron chi connectivity index (χ3n) is 6.15. The molecule has 1 atom stereocenters. The third kappa shape index (κ3) is 9.52. The quantitative estimate of drug-likeness (QED) is 0.132. The van der Waals surface area contributed by atoms with Gasteiger partial charge in [0.15, 0.2) is 0 Å². The van der Waals surface area contributed by atoms with Gasteiger partial charge in [0.05, 0.1) is 0 Å². The molecule has 3 aromatic heterocycles. The van der Waals surface area contributed by atoms with Crippen LogP contribution in [0.4, 0.5) is 20.4 Å². The summed E-state index contributed by atoms with van der Waals surface area (Å²) in [6.07, 6.45) is 11.9. The molecule has 0 saturated heterocycles. The van der Waals surface area contributed by atoms with E-state index in [0.717, 1.165) is 35.5 Å². The van der Waals surface area contributed by atoms with Crippen LogP contribution in [0.2, 0.25) is 0 Å². The zero-order valence-electron chi connectivity index (χ0n) is 25.0. The first kappa shape index (κ1) is 33.0. The van der Waals surface area contributed by atoms with Crippen LogP contribution in [0.1, 0.15) is 84.8 Å². The van der Waals surface area contributed by atoms with E-state index in [-0.39, 0.29) is 11.6 Å². The van der Waals surface area contributed by atoms with Crippen molar-refractivity contribution in [2.75, 3.05) is 30.8 Å². The van der Waals surface area contributed by atoms with Crippen LogP contribution in [0.25, 0.3) is 11.4 Å². The Morgan fingerprint density at radius 2 is 1.90 bits per heavy atom. The van der Waals surface area contributed by atoms with Crippen molar-refractivity contribution in [1.29, 1.82) is 0 Å². The first-order chi connectivity index (χ1) is 20.1. The third-order valence-corrected chi connectivity index (χ3v) is 7.37. The molecular weight excluding hydrogens is 553 g/mol. The number of anilines is 2. The van der Waals surface area contributed by atoms with Crippen molar-refractivity contribution < 1.29 is 8.78 Å². The van der Waals surface area contributed by atoms with Crippen LogP contribution in [-0.4, -0.2) is 53.5 Å². The van der Waals surface area contributed by atoms with Crippen molar-refractivity contribution in [3.8, 4) is 0 Å². The van der Waals surface area contributed by atoms with Crippen molar-refractivity contribution >= 4 is 47.8 Å². The zero-order valence-corrected chi connectivity index (χ0v) is 25.8. The number of hydrogen-bond donors (Lipinski definition) is 4. The molecule has 3 heterocycles. The van der Waals surface area contributed by atoms with Gasteiger partial charge in [-0.15, -0.1) is 0 Å². The number of aryl methyl sites for hydroxylation is 1. The minimum absolute atomic E-state index is 0.0589. The summed E-state index contributed by atoms with van der Waals surface area (Å²) in [5, 5.41) is 13.7. The number of nitrogens with zero attached hydrogens (tertiary/aromatic N) is 4. The first-order valence-corrected chi connectivity index (χ1v) is 14.9. The van der Waals surface area contributed by atoms with E-state index in [0.29, 0.717) is 40.7 Å². The van der Waals surface area contributed by atoms with E-state index in [1.54, 1.807) is 13.1 Å². The molecule has 1 aliphatic carbocycles. The van der Waals surface area contributed by atoms with E-state index in [2.05, 4.69) is 47.8 Å². The summed E-state index contributed by atoms with van der Waals surface area (Å²) < 4.78 is 28.1. The number of thiazole rings is 1. The fourth-order valence-electron chi connectivity index (χ4n) is 3.86. The number of allylic oxidation sites excluding steroid dienone is 1. The minimum atomic E-state index is -2.96. The van der Waals surface area contributed by atoms with E-state index >= 15 is 0 Å². The van der Waals surface area contributed by atoms with Crippen molar-refractivity contribution in [2.45, 2.75) is 65.3 Å². The molecule has 1 fully saturated rings. The molecule has 1 saturated carbocycles. The van der Waals surface area contributed by atoms with Gasteiger partial charge < -0.3 is 0 Å². The summed E-state index contributed by atoms with van der Waals surface area (Å²) in [7, 11) is 7.78. The molecule has 3 aromatic rings. The second-order valence-electron chi connectivity index (χ2n) is 10.1. The van der Waals surface area contributed by atoms with Crippen LogP contribution in [0.5, 0.6) is 0 Å². The Hall–Kier alpha value is -3.51. The van der Waals surface area contributed by atoms with Gasteiger partial charge in [-0.25, -0.2) is 13.8 Å². The molecular formula is C30H40BF2N8S. The van der Waals surface area contributed by atoms with Crippen LogP contribution in [0.15, 0.2) is 37.4 Å². The Labute approximate surface area is 252 Å². The topological polar surface area (TPSA) is 99.7 Å². The molecule has 4 rings (SSSR count). The van der Waals surface area contributed by atoms with Gasteiger partial charge in [-0.2, -0.15) is 0 Å². The number of likely N-dealkylation sites (N-methyl/N-ethyl adjacent to an activating group) is 1. The molecule has 0 amide bonds. The van der Waals surface area contributed by atoms with Crippen molar-refractivity contribution in [3.05, 3.63) is 69.7 Å². The zero-order chi connectivity index (χ0) is 30.7. The number of nitrogens with one attached hydrogen (secondary N) is 4. The van der Waals surface area contributed by atoms with Crippen LogP contribution in [0.3, 0.4) is 0 Å². The molecule has 12 heteroatoms. The summed E-state index contributed by atoms with van der Waals surface area (Å²) in [5.74, 6) is -0.532. The normalized spacial score (nSPS) is 13.4. The summed E-state index contributed by atoms with van der Waals surface area (Å²) >= 11 is 1.48. The van der Waals surface area contributed by atoms with E-state index in [1.807, 2.05) is 27.0 Å². The molecule has 223 valence electrons. The Bertz CT molecular complexity index is 1380. The number of rotatable bonds is 14. The van der Waals surface area contributed by atoms with Gasteiger partial charge in [0.25, 0.3) is 5.92 Å². The molecule has 0 spiro atoms. The molecule has 0 bridgehead atoms. The van der Waals surface area contributed by atoms with E-state index in [1.165, 1.54) is 55.2 Å². The van der Waals surface area contributed by atoms with Gasteiger partial charge in [0.2, 0.25) is 0 Å². The van der Waals surface area contributed by atoms with E-state index in [4.69, 9.17) is 7.49 Å². The Morgan fingerprint density at radius 3 is 2.52 bits per heavy atom. The SMILES string of the molecule is C1CC1.[B]=Cc1c(NCCNC)ncnc1C(=C)NC(C)c1ncc(C(=CCC)Nc2cc(C(C)(F)F)c(C)cn2)s1. The summed E-state index contributed by atoms with van der Waals surface area (Å²) in [6, 6.07) is 1.20. The molecule has 1 unspecified atom stereocenters. The summed E-state index contributed by atoms with van der Waals surface area (Å²) in [5.41, 5.74) is 2.95. The molecule has 8 nitrogen and oxygen atoms in total. The second-order valence-corrected chi connectivity index (χ2v) is 11.1. The maximum absolute atomic E-state index is 14.0. The Kier molecular flexibility index (Phi) is 12.3. The molecule has 1 aliphatic rings. The second kappa shape index (κ2) is 15.6. The Morgan fingerprint density at radius 1 is 1.17 bits per heavy atom. The fourth-order valence-corrected chi connectivity index (χ4v) is 4.78. The predicted octanol–water partition coefficient (Wildman–Crippen LogP) is 6.05. The van der Waals surface area contributed by atoms with Crippen LogP contribution < -0.4 is 21.3 Å². The van der Waals surface area contributed by atoms with Crippen molar-refractivity contribution in [2.24, 2.45) is 0 Å². The number of pyridine rings is 1. The average Bonchev–Trinajstić information content (AvgIpc) is 3.76. The molecule has 0 aromatic carbocycles.